The van der Waals surface area contributed by atoms with Crippen LogP contribution < -0.4 is 5.32 Å². The molecule has 1 aliphatic heterocycles. The smallest absolute Gasteiger partial charge is 0.157 e. The molecule has 1 atom stereocenters. The minimum absolute atomic E-state index is 0.255. The summed E-state index contributed by atoms with van der Waals surface area (Å²) >= 11 is 0. The fourth-order valence-electron chi connectivity index (χ4n) is 2.47. The molecule has 6 heteroatoms. The number of nitrogens with zero attached hydrogens (tertiary/aromatic N) is 4. The lowest BCUT2D eigenvalue weighted by Gasteiger charge is -2.21. The number of piperidine rings is 1. The van der Waals surface area contributed by atoms with Crippen molar-refractivity contribution in [2.45, 2.75) is 19.3 Å². The minimum Gasteiger partial charge on any atom is -0.316 e. The Kier molecular flexibility index (Phi) is 3.50. The third-order valence-corrected chi connectivity index (χ3v) is 3.48. The number of benzene rings is 1. The van der Waals surface area contributed by atoms with Crippen LogP contribution >= 0.6 is 0 Å². The van der Waals surface area contributed by atoms with Gasteiger partial charge in [0.1, 0.15) is 5.82 Å². The Labute approximate surface area is 110 Å². The summed E-state index contributed by atoms with van der Waals surface area (Å²) in [4.78, 5) is 0. The maximum absolute atomic E-state index is 12.9. The van der Waals surface area contributed by atoms with E-state index in [1.807, 2.05) is 0 Å². The molecule has 0 bridgehead atoms. The molecule has 0 amide bonds. The summed E-state index contributed by atoms with van der Waals surface area (Å²) in [6.45, 7) is 2.11. The third-order valence-electron chi connectivity index (χ3n) is 3.48. The second-order valence-corrected chi connectivity index (χ2v) is 4.90. The first-order valence-electron chi connectivity index (χ1n) is 6.57. The lowest BCUT2D eigenvalue weighted by molar-refractivity contribution is 0.368. The Morgan fingerprint density at radius 2 is 2.16 bits per heavy atom. The zero-order chi connectivity index (χ0) is 13.1. The van der Waals surface area contributed by atoms with Crippen LogP contribution in [0.2, 0.25) is 0 Å². The molecule has 0 saturated carbocycles. The van der Waals surface area contributed by atoms with Gasteiger partial charge in [-0.2, -0.15) is 4.68 Å². The van der Waals surface area contributed by atoms with E-state index in [1.165, 1.54) is 25.0 Å². The molecular formula is C13H16FN5. The largest absolute Gasteiger partial charge is 0.316 e. The van der Waals surface area contributed by atoms with Gasteiger partial charge in [0.05, 0.1) is 5.69 Å². The molecular weight excluding hydrogens is 245 g/mol. The third kappa shape index (κ3) is 2.78. The fourth-order valence-corrected chi connectivity index (χ4v) is 2.47. The van der Waals surface area contributed by atoms with Crippen LogP contribution in [0, 0.1) is 11.7 Å². The van der Waals surface area contributed by atoms with E-state index in [0.29, 0.717) is 5.92 Å². The van der Waals surface area contributed by atoms with E-state index in [2.05, 4.69) is 20.8 Å². The lowest BCUT2D eigenvalue weighted by Crippen LogP contribution is -2.31. The van der Waals surface area contributed by atoms with Gasteiger partial charge in [0.25, 0.3) is 0 Å². The molecule has 1 aliphatic rings. The SMILES string of the molecule is Fc1ccc(-n2nnnc2CC2CCCNC2)cc1. The Balaban J connectivity index is 1.79. The monoisotopic (exact) mass is 261 g/mol. The van der Waals surface area contributed by atoms with Crippen molar-refractivity contribution in [2.75, 3.05) is 13.1 Å². The quantitative estimate of drug-likeness (QED) is 0.906. The molecule has 1 aromatic heterocycles. The van der Waals surface area contributed by atoms with E-state index in [-0.39, 0.29) is 5.82 Å². The molecule has 2 heterocycles. The van der Waals surface area contributed by atoms with E-state index in [1.54, 1.807) is 16.8 Å². The van der Waals surface area contributed by atoms with Gasteiger partial charge in [0, 0.05) is 6.42 Å². The Morgan fingerprint density at radius 3 is 2.89 bits per heavy atom. The van der Waals surface area contributed by atoms with Crippen LogP contribution in [-0.2, 0) is 6.42 Å². The molecule has 0 radical (unpaired) electrons. The number of hydrogen-bond acceptors (Lipinski definition) is 4. The van der Waals surface area contributed by atoms with Crippen molar-refractivity contribution in [1.29, 1.82) is 0 Å². The van der Waals surface area contributed by atoms with Gasteiger partial charge in [-0.25, -0.2) is 4.39 Å². The highest BCUT2D eigenvalue weighted by molar-refractivity contribution is 5.31. The topological polar surface area (TPSA) is 55.6 Å². The first kappa shape index (κ1) is 12.2. The molecule has 1 unspecified atom stereocenters. The first-order chi connectivity index (χ1) is 9.33. The van der Waals surface area contributed by atoms with Crippen LogP contribution in [0.4, 0.5) is 4.39 Å². The van der Waals surface area contributed by atoms with E-state index < -0.39 is 0 Å². The molecule has 1 saturated heterocycles. The average molecular weight is 261 g/mol. The van der Waals surface area contributed by atoms with Crippen molar-refractivity contribution >= 4 is 0 Å². The van der Waals surface area contributed by atoms with Gasteiger partial charge in [-0.15, -0.1) is 5.10 Å². The first-order valence-corrected chi connectivity index (χ1v) is 6.57. The van der Waals surface area contributed by atoms with Gasteiger partial charge in [-0.3, -0.25) is 0 Å². The molecule has 5 nitrogen and oxygen atoms in total. The highest BCUT2D eigenvalue weighted by Gasteiger charge is 2.17. The summed E-state index contributed by atoms with van der Waals surface area (Å²) < 4.78 is 14.6. The highest BCUT2D eigenvalue weighted by atomic mass is 19.1. The van der Waals surface area contributed by atoms with E-state index in [4.69, 9.17) is 0 Å². The Bertz CT molecular complexity index is 530. The van der Waals surface area contributed by atoms with Crippen molar-refractivity contribution in [1.82, 2.24) is 25.5 Å². The molecule has 100 valence electrons. The van der Waals surface area contributed by atoms with Crippen LogP contribution in [0.25, 0.3) is 5.69 Å². The van der Waals surface area contributed by atoms with Gasteiger partial charge in [-0.1, -0.05) is 0 Å². The molecule has 0 spiro atoms. The van der Waals surface area contributed by atoms with Crippen molar-refractivity contribution in [2.24, 2.45) is 5.92 Å². The van der Waals surface area contributed by atoms with Crippen LogP contribution in [0.5, 0.6) is 0 Å². The predicted octanol–water partition coefficient (Wildman–Crippen LogP) is 1.34. The van der Waals surface area contributed by atoms with Crippen LogP contribution in [-0.4, -0.2) is 33.3 Å². The second kappa shape index (κ2) is 5.44. The van der Waals surface area contributed by atoms with Gasteiger partial charge in [0.15, 0.2) is 5.82 Å². The standard InChI is InChI=1S/C13H16FN5/c14-11-3-5-12(6-4-11)19-13(16-17-18-19)8-10-2-1-7-15-9-10/h3-6,10,15H,1-2,7-9H2. The molecule has 1 N–H and O–H groups in total. The molecule has 19 heavy (non-hydrogen) atoms. The maximum Gasteiger partial charge on any atom is 0.157 e. The summed E-state index contributed by atoms with van der Waals surface area (Å²) in [5, 5.41) is 15.2. The Morgan fingerprint density at radius 1 is 1.32 bits per heavy atom. The zero-order valence-electron chi connectivity index (χ0n) is 10.6. The number of hydrogen-bond donors (Lipinski definition) is 1. The van der Waals surface area contributed by atoms with Crippen molar-refractivity contribution in [3.05, 3.63) is 35.9 Å². The predicted molar refractivity (Wildman–Crippen MR) is 68.4 cm³/mol. The van der Waals surface area contributed by atoms with Crippen molar-refractivity contribution in [3.8, 4) is 5.69 Å². The molecule has 1 aromatic carbocycles. The van der Waals surface area contributed by atoms with Crippen molar-refractivity contribution in [3.63, 3.8) is 0 Å². The van der Waals surface area contributed by atoms with Crippen molar-refractivity contribution < 1.29 is 4.39 Å². The molecule has 1 fully saturated rings. The molecule has 3 rings (SSSR count). The number of nitrogens with one attached hydrogen (secondary N) is 1. The van der Waals surface area contributed by atoms with Gasteiger partial charge >= 0.3 is 0 Å². The minimum atomic E-state index is -0.255. The summed E-state index contributed by atoms with van der Waals surface area (Å²) in [7, 11) is 0. The number of aromatic nitrogens is 4. The average Bonchev–Trinajstić information content (AvgIpc) is 2.89. The fraction of sp³-hybridized carbons (Fsp3) is 0.462. The van der Waals surface area contributed by atoms with Gasteiger partial charge in [0.2, 0.25) is 0 Å². The number of halogens is 1. The number of tetrazole rings is 1. The Hall–Kier alpha value is -1.82. The van der Waals surface area contributed by atoms with Crippen LogP contribution in [0.15, 0.2) is 24.3 Å². The summed E-state index contributed by atoms with van der Waals surface area (Å²) in [6.07, 6.45) is 3.24. The van der Waals surface area contributed by atoms with E-state index >= 15 is 0 Å². The molecule has 2 aromatic rings. The highest BCUT2D eigenvalue weighted by Crippen LogP contribution is 2.17. The summed E-state index contributed by atoms with van der Waals surface area (Å²) in [6, 6.07) is 6.22. The molecule has 0 aliphatic carbocycles. The maximum atomic E-state index is 12.9. The van der Waals surface area contributed by atoms with E-state index in [9.17, 15) is 4.39 Å². The van der Waals surface area contributed by atoms with Crippen LogP contribution in [0.3, 0.4) is 0 Å². The van der Waals surface area contributed by atoms with Gasteiger partial charge < -0.3 is 5.32 Å². The summed E-state index contributed by atoms with van der Waals surface area (Å²) in [5.74, 6) is 1.15. The zero-order valence-corrected chi connectivity index (χ0v) is 10.6. The normalized spacial score (nSPS) is 19.5. The van der Waals surface area contributed by atoms with Crippen LogP contribution in [0.1, 0.15) is 18.7 Å². The summed E-state index contributed by atoms with van der Waals surface area (Å²) in [5.41, 5.74) is 0.796. The number of rotatable bonds is 3. The second-order valence-electron chi connectivity index (χ2n) is 4.90. The lowest BCUT2D eigenvalue weighted by atomic mass is 9.96. The van der Waals surface area contributed by atoms with Gasteiger partial charge in [-0.05, 0) is 66.5 Å². The van der Waals surface area contributed by atoms with E-state index in [0.717, 1.165) is 31.0 Å².